The number of carbonyl (C=O) groups is 1. The fraction of sp³-hybridized carbons (Fsp3) is 0.208. The summed E-state index contributed by atoms with van der Waals surface area (Å²) in [6.45, 7) is 1.92. The number of hydrogen-bond donors (Lipinski definition) is 0. The van der Waals surface area contributed by atoms with Gasteiger partial charge in [0.1, 0.15) is 23.9 Å². The molecule has 0 bridgehead atoms. The largest absolute Gasteiger partial charge is 0.488 e. The second-order valence-corrected chi connectivity index (χ2v) is 8.02. The Morgan fingerprint density at radius 1 is 1.03 bits per heavy atom. The summed E-state index contributed by atoms with van der Waals surface area (Å²) in [7, 11) is 0. The molecule has 33 heavy (non-hydrogen) atoms. The molecule has 3 aromatic rings. The van der Waals surface area contributed by atoms with E-state index < -0.39 is 4.92 Å². The Hall–Kier alpha value is -3.65. The van der Waals surface area contributed by atoms with Crippen molar-refractivity contribution in [2.24, 2.45) is 0 Å². The lowest BCUT2D eigenvalue weighted by Gasteiger charge is -2.36. The van der Waals surface area contributed by atoms with E-state index in [2.05, 4.69) is 0 Å². The minimum atomic E-state index is -0.451. The van der Waals surface area contributed by atoms with Gasteiger partial charge in [0.05, 0.1) is 10.5 Å². The van der Waals surface area contributed by atoms with Crippen LogP contribution in [-0.4, -0.2) is 41.9 Å². The average Bonchev–Trinajstić information content (AvgIpc) is 2.83. The lowest BCUT2D eigenvalue weighted by molar-refractivity contribution is -0.384. The van der Waals surface area contributed by atoms with Gasteiger partial charge < -0.3 is 14.5 Å². The molecule has 1 heterocycles. The molecule has 1 saturated heterocycles. The quantitative estimate of drug-likeness (QED) is 0.378. The van der Waals surface area contributed by atoms with Crippen molar-refractivity contribution >= 4 is 28.9 Å². The summed E-state index contributed by atoms with van der Waals surface area (Å²) in [6, 6.07) is 17.6. The van der Waals surface area contributed by atoms with Crippen molar-refractivity contribution in [2.75, 3.05) is 31.1 Å². The molecule has 0 atom stereocenters. The van der Waals surface area contributed by atoms with Crippen molar-refractivity contribution in [1.82, 2.24) is 4.90 Å². The third kappa shape index (κ3) is 5.23. The van der Waals surface area contributed by atoms with E-state index in [1.807, 2.05) is 4.90 Å². The van der Waals surface area contributed by atoms with E-state index in [-0.39, 0.29) is 24.0 Å². The lowest BCUT2D eigenvalue weighted by atomic mass is 10.1. The Balaban J connectivity index is 1.43. The zero-order valence-corrected chi connectivity index (χ0v) is 18.4. The van der Waals surface area contributed by atoms with Crippen molar-refractivity contribution in [3.8, 4) is 5.75 Å². The van der Waals surface area contributed by atoms with Crippen LogP contribution in [0.2, 0.25) is 5.02 Å². The van der Waals surface area contributed by atoms with Crippen molar-refractivity contribution in [3.05, 3.63) is 98.8 Å². The van der Waals surface area contributed by atoms with Gasteiger partial charge in [0, 0.05) is 37.3 Å². The molecule has 170 valence electrons. The second-order valence-electron chi connectivity index (χ2n) is 7.58. The molecule has 0 N–H and O–H groups in total. The smallest absolute Gasteiger partial charge is 0.294 e. The molecule has 0 radical (unpaired) electrons. The maximum atomic E-state index is 13.2. The Labute approximate surface area is 195 Å². The van der Waals surface area contributed by atoms with Crippen molar-refractivity contribution in [1.29, 1.82) is 0 Å². The van der Waals surface area contributed by atoms with Crippen LogP contribution in [0.25, 0.3) is 0 Å². The van der Waals surface area contributed by atoms with Gasteiger partial charge in [0.25, 0.3) is 11.6 Å². The highest BCUT2D eigenvalue weighted by atomic mass is 35.5. The highest BCUT2D eigenvalue weighted by molar-refractivity contribution is 6.30. The normalized spacial score (nSPS) is 13.6. The number of para-hydroxylation sites is 1. The van der Waals surface area contributed by atoms with Crippen LogP contribution in [0, 0.1) is 15.9 Å². The molecule has 0 aromatic heterocycles. The van der Waals surface area contributed by atoms with Crippen LogP contribution in [0.1, 0.15) is 15.9 Å². The number of ether oxygens (including phenoxy) is 1. The number of nitro groups is 1. The van der Waals surface area contributed by atoms with Crippen LogP contribution in [-0.2, 0) is 6.61 Å². The molecule has 7 nitrogen and oxygen atoms in total. The molecule has 4 rings (SSSR count). The predicted octanol–water partition coefficient (Wildman–Crippen LogP) is 4.93. The minimum Gasteiger partial charge on any atom is -0.488 e. The standard InChI is InChI=1S/C24H21ClFN3O4/c25-18-7-10-21(22(15-18)29(31)32)27-11-13-28(14-12-27)24(30)20-3-1-2-4-23(20)33-16-17-5-8-19(26)9-6-17/h1-10,15H,11-14,16H2. The van der Waals surface area contributed by atoms with Gasteiger partial charge in [-0.15, -0.1) is 0 Å². The minimum absolute atomic E-state index is 0.0539. The van der Waals surface area contributed by atoms with E-state index in [1.54, 1.807) is 53.4 Å². The summed E-state index contributed by atoms with van der Waals surface area (Å²) in [5, 5.41) is 11.7. The molecule has 0 spiro atoms. The molecule has 1 amide bonds. The molecule has 1 aliphatic heterocycles. The van der Waals surface area contributed by atoms with Crippen LogP contribution in [0.5, 0.6) is 5.75 Å². The summed E-state index contributed by atoms with van der Waals surface area (Å²) < 4.78 is 19.0. The molecule has 0 unspecified atom stereocenters. The molecule has 1 fully saturated rings. The number of benzene rings is 3. The Morgan fingerprint density at radius 3 is 2.42 bits per heavy atom. The van der Waals surface area contributed by atoms with Gasteiger partial charge in [0.2, 0.25) is 0 Å². The summed E-state index contributed by atoms with van der Waals surface area (Å²) in [4.78, 5) is 27.7. The summed E-state index contributed by atoms with van der Waals surface area (Å²) in [5.41, 5.74) is 1.66. The van der Waals surface area contributed by atoms with Gasteiger partial charge in [-0.3, -0.25) is 14.9 Å². The fourth-order valence-electron chi connectivity index (χ4n) is 3.74. The second kappa shape index (κ2) is 9.87. The molecular formula is C24H21ClFN3O4. The predicted molar refractivity (Wildman–Crippen MR) is 123 cm³/mol. The first-order valence-electron chi connectivity index (χ1n) is 10.4. The van der Waals surface area contributed by atoms with Crippen LogP contribution in [0.4, 0.5) is 15.8 Å². The molecule has 3 aromatic carbocycles. The van der Waals surface area contributed by atoms with Crippen molar-refractivity contribution < 1.29 is 18.8 Å². The first-order chi connectivity index (χ1) is 15.9. The summed E-state index contributed by atoms with van der Waals surface area (Å²) >= 11 is 5.91. The lowest BCUT2D eigenvalue weighted by Crippen LogP contribution is -2.49. The number of hydrogen-bond acceptors (Lipinski definition) is 5. The maximum Gasteiger partial charge on any atom is 0.294 e. The topological polar surface area (TPSA) is 75.9 Å². The summed E-state index contributed by atoms with van der Waals surface area (Å²) in [5.74, 6) is -0.0463. The number of nitrogens with zero attached hydrogens (tertiary/aromatic N) is 3. The van der Waals surface area contributed by atoms with Gasteiger partial charge >= 0.3 is 0 Å². The monoisotopic (exact) mass is 469 g/mol. The first kappa shape index (κ1) is 22.5. The molecule has 9 heteroatoms. The number of amides is 1. The number of piperazine rings is 1. The van der Waals surface area contributed by atoms with Gasteiger partial charge in [-0.2, -0.15) is 0 Å². The fourth-order valence-corrected chi connectivity index (χ4v) is 3.91. The number of halogens is 2. The first-order valence-corrected chi connectivity index (χ1v) is 10.7. The highest BCUT2D eigenvalue weighted by Gasteiger charge is 2.27. The number of carbonyl (C=O) groups excluding carboxylic acids is 1. The summed E-state index contributed by atoms with van der Waals surface area (Å²) in [6.07, 6.45) is 0. The van der Waals surface area contributed by atoms with E-state index in [9.17, 15) is 19.3 Å². The Bertz CT molecular complexity index is 1160. The third-order valence-corrected chi connectivity index (χ3v) is 5.70. The van der Waals surface area contributed by atoms with Gasteiger partial charge in [0.15, 0.2) is 0 Å². The van der Waals surface area contributed by atoms with E-state index in [0.29, 0.717) is 48.2 Å². The van der Waals surface area contributed by atoms with E-state index in [1.165, 1.54) is 18.2 Å². The Morgan fingerprint density at radius 2 is 1.73 bits per heavy atom. The molecule has 0 aliphatic carbocycles. The van der Waals surface area contributed by atoms with Gasteiger partial charge in [-0.1, -0.05) is 35.9 Å². The van der Waals surface area contributed by atoms with E-state index >= 15 is 0 Å². The van der Waals surface area contributed by atoms with Crippen molar-refractivity contribution in [2.45, 2.75) is 6.61 Å². The number of anilines is 1. The van der Waals surface area contributed by atoms with E-state index in [4.69, 9.17) is 16.3 Å². The van der Waals surface area contributed by atoms with Crippen molar-refractivity contribution in [3.63, 3.8) is 0 Å². The molecule has 0 saturated carbocycles. The third-order valence-electron chi connectivity index (χ3n) is 5.47. The molecular weight excluding hydrogens is 449 g/mol. The molecule has 1 aliphatic rings. The average molecular weight is 470 g/mol. The SMILES string of the molecule is O=C(c1ccccc1OCc1ccc(F)cc1)N1CCN(c2ccc(Cl)cc2[N+](=O)[O-])CC1. The van der Waals surface area contributed by atoms with Crippen LogP contribution < -0.4 is 9.64 Å². The maximum absolute atomic E-state index is 13.2. The van der Waals surface area contributed by atoms with Gasteiger partial charge in [-0.05, 0) is 42.0 Å². The van der Waals surface area contributed by atoms with Crippen LogP contribution in [0.3, 0.4) is 0 Å². The Kier molecular flexibility index (Phi) is 6.74. The van der Waals surface area contributed by atoms with Gasteiger partial charge in [-0.25, -0.2) is 4.39 Å². The number of rotatable bonds is 6. The zero-order chi connectivity index (χ0) is 23.4. The van der Waals surface area contributed by atoms with Crippen LogP contribution >= 0.6 is 11.6 Å². The highest BCUT2D eigenvalue weighted by Crippen LogP contribution is 2.32. The number of nitro benzene ring substituents is 1. The van der Waals surface area contributed by atoms with Crippen LogP contribution in [0.15, 0.2) is 66.7 Å². The van der Waals surface area contributed by atoms with E-state index in [0.717, 1.165) is 5.56 Å². The zero-order valence-electron chi connectivity index (χ0n) is 17.6.